The molecule has 1 atom stereocenters. The van der Waals surface area contributed by atoms with Crippen molar-refractivity contribution < 1.29 is 4.79 Å². The fraction of sp³-hybridized carbons (Fsp3) is 0.467. The molecule has 3 aliphatic rings. The fourth-order valence-corrected chi connectivity index (χ4v) is 3.73. The van der Waals surface area contributed by atoms with Crippen LogP contribution in [0.2, 0.25) is 0 Å². The number of nitrogens with zero attached hydrogens (tertiary/aromatic N) is 3. The van der Waals surface area contributed by atoms with Gasteiger partial charge in [-0.1, -0.05) is 18.2 Å². The van der Waals surface area contributed by atoms with Crippen molar-refractivity contribution in [1.29, 1.82) is 0 Å². The van der Waals surface area contributed by atoms with Crippen LogP contribution in [-0.2, 0) is 0 Å². The summed E-state index contributed by atoms with van der Waals surface area (Å²) in [6.07, 6.45) is 2.45. The Balaban J connectivity index is 0.00000132. The van der Waals surface area contributed by atoms with E-state index in [9.17, 15) is 4.79 Å². The van der Waals surface area contributed by atoms with Gasteiger partial charge in [0.05, 0.1) is 11.6 Å². The minimum absolute atomic E-state index is 0. The Kier molecular flexibility index (Phi) is 3.63. The molecule has 21 heavy (non-hydrogen) atoms. The first-order chi connectivity index (χ1) is 9.74. The molecule has 2 N–H and O–H groups in total. The zero-order chi connectivity index (χ0) is 13.7. The quantitative estimate of drug-likeness (QED) is 0.920. The zero-order valence-electron chi connectivity index (χ0n) is 11.7. The normalized spacial score (nSPS) is 27.5. The molecule has 4 heterocycles. The Morgan fingerprint density at radius 1 is 1.24 bits per heavy atom. The largest absolute Gasteiger partial charge is 0.364 e. The number of hydrogen-bond donors (Lipinski definition) is 1. The second-order valence-electron chi connectivity index (χ2n) is 5.88. The van der Waals surface area contributed by atoms with Gasteiger partial charge in [-0.15, -0.1) is 12.4 Å². The second-order valence-corrected chi connectivity index (χ2v) is 5.88. The number of nitrogens with two attached hydrogens (primary N) is 1. The van der Waals surface area contributed by atoms with Crippen LogP contribution in [0.1, 0.15) is 29.4 Å². The predicted octanol–water partition coefficient (Wildman–Crippen LogP) is 1.82. The second kappa shape index (κ2) is 5.31. The molecule has 5 nitrogen and oxygen atoms in total. The van der Waals surface area contributed by atoms with E-state index in [2.05, 4.69) is 10.00 Å². The molecule has 2 aromatic rings. The third-order valence-electron chi connectivity index (χ3n) is 4.78. The molecule has 0 unspecified atom stereocenters. The van der Waals surface area contributed by atoms with E-state index in [4.69, 9.17) is 5.73 Å². The van der Waals surface area contributed by atoms with Crippen LogP contribution < -0.4 is 5.73 Å². The molecule has 1 aromatic heterocycles. The van der Waals surface area contributed by atoms with Crippen LogP contribution in [-0.4, -0.2) is 40.2 Å². The van der Waals surface area contributed by atoms with Crippen LogP contribution in [0.5, 0.6) is 0 Å². The SMILES string of the molecule is Cl.NC(=O)c1nn([C@@H]2CN3CCC2CC3)c2ccccc12. The van der Waals surface area contributed by atoms with Gasteiger partial charge < -0.3 is 10.6 Å². The van der Waals surface area contributed by atoms with E-state index in [1.807, 2.05) is 28.9 Å². The van der Waals surface area contributed by atoms with Crippen molar-refractivity contribution in [1.82, 2.24) is 14.7 Å². The number of benzene rings is 1. The molecule has 2 bridgehead atoms. The summed E-state index contributed by atoms with van der Waals surface area (Å²) in [5.74, 6) is 0.227. The van der Waals surface area contributed by atoms with Gasteiger partial charge in [-0.05, 0) is 37.9 Å². The molecule has 1 aromatic carbocycles. The lowest BCUT2D eigenvalue weighted by molar-refractivity contribution is 0.0531. The molecule has 3 saturated heterocycles. The molecule has 0 spiro atoms. The highest BCUT2D eigenvalue weighted by Crippen LogP contribution is 2.37. The van der Waals surface area contributed by atoms with Crippen LogP contribution in [0.15, 0.2) is 24.3 Å². The van der Waals surface area contributed by atoms with Crippen molar-refractivity contribution in [2.24, 2.45) is 11.7 Å². The lowest BCUT2D eigenvalue weighted by Crippen LogP contribution is -2.48. The van der Waals surface area contributed by atoms with Crippen LogP contribution in [0, 0.1) is 5.92 Å². The van der Waals surface area contributed by atoms with Crippen molar-refractivity contribution in [2.75, 3.05) is 19.6 Å². The monoisotopic (exact) mass is 306 g/mol. The molecular weight excluding hydrogens is 288 g/mol. The number of halogens is 1. The van der Waals surface area contributed by atoms with Crippen molar-refractivity contribution >= 4 is 29.2 Å². The zero-order valence-corrected chi connectivity index (χ0v) is 12.6. The smallest absolute Gasteiger partial charge is 0.269 e. The molecule has 5 rings (SSSR count). The van der Waals surface area contributed by atoms with Gasteiger partial charge in [0.1, 0.15) is 0 Å². The summed E-state index contributed by atoms with van der Waals surface area (Å²) in [6, 6.07) is 8.26. The van der Waals surface area contributed by atoms with Crippen LogP contribution >= 0.6 is 12.4 Å². The maximum atomic E-state index is 11.6. The Labute approximate surface area is 129 Å². The molecule has 3 fully saturated rings. The van der Waals surface area contributed by atoms with Crippen molar-refractivity contribution in [3.63, 3.8) is 0 Å². The van der Waals surface area contributed by atoms with E-state index >= 15 is 0 Å². The molecule has 1 amide bonds. The van der Waals surface area contributed by atoms with Gasteiger partial charge in [-0.2, -0.15) is 5.10 Å². The summed E-state index contributed by atoms with van der Waals surface area (Å²) in [5.41, 5.74) is 6.90. The van der Waals surface area contributed by atoms with Crippen molar-refractivity contribution in [3.8, 4) is 0 Å². The number of hydrogen-bond acceptors (Lipinski definition) is 3. The first-order valence-electron chi connectivity index (χ1n) is 7.23. The number of carbonyl (C=O) groups is 1. The predicted molar refractivity (Wildman–Crippen MR) is 83.7 cm³/mol. The Bertz CT molecular complexity index is 675. The summed E-state index contributed by atoms with van der Waals surface area (Å²) in [6.45, 7) is 3.43. The maximum Gasteiger partial charge on any atom is 0.269 e. The summed E-state index contributed by atoms with van der Waals surface area (Å²) in [5, 5.41) is 5.42. The van der Waals surface area contributed by atoms with E-state index in [0.717, 1.165) is 17.4 Å². The highest BCUT2D eigenvalue weighted by molar-refractivity contribution is 6.04. The van der Waals surface area contributed by atoms with Gasteiger partial charge in [0, 0.05) is 11.9 Å². The highest BCUT2D eigenvalue weighted by Gasteiger charge is 2.36. The number of amides is 1. The van der Waals surface area contributed by atoms with E-state index < -0.39 is 5.91 Å². The van der Waals surface area contributed by atoms with Gasteiger partial charge in [0.2, 0.25) is 0 Å². The van der Waals surface area contributed by atoms with E-state index in [1.54, 1.807) is 0 Å². The van der Waals surface area contributed by atoms with Crippen molar-refractivity contribution in [3.05, 3.63) is 30.0 Å². The summed E-state index contributed by atoms with van der Waals surface area (Å²) >= 11 is 0. The van der Waals surface area contributed by atoms with Crippen LogP contribution in [0.25, 0.3) is 10.9 Å². The number of aromatic nitrogens is 2. The van der Waals surface area contributed by atoms with Gasteiger partial charge in [-0.3, -0.25) is 9.48 Å². The first-order valence-corrected chi connectivity index (χ1v) is 7.23. The molecule has 0 aliphatic carbocycles. The number of fused-ring (bicyclic) bond motifs is 4. The van der Waals surface area contributed by atoms with E-state index in [-0.39, 0.29) is 12.4 Å². The average molecular weight is 307 g/mol. The van der Waals surface area contributed by atoms with Crippen molar-refractivity contribution in [2.45, 2.75) is 18.9 Å². The van der Waals surface area contributed by atoms with E-state index in [0.29, 0.717) is 17.7 Å². The van der Waals surface area contributed by atoms with Gasteiger partial charge in [0.15, 0.2) is 5.69 Å². The average Bonchev–Trinajstić information content (AvgIpc) is 2.88. The third kappa shape index (κ3) is 2.21. The summed E-state index contributed by atoms with van der Waals surface area (Å²) in [4.78, 5) is 14.1. The van der Waals surface area contributed by atoms with Gasteiger partial charge >= 0.3 is 0 Å². The molecule has 112 valence electrons. The first kappa shape index (κ1) is 14.4. The summed E-state index contributed by atoms with van der Waals surface area (Å²) < 4.78 is 2.05. The highest BCUT2D eigenvalue weighted by atomic mass is 35.5. The Hall–Kier alpha value is -1.59. The van der Waals surface area contributed by atoms with Gasteiger partial charge in [-0.25, -0.2) is 0 Å². The van der Waals surface area contributed by atoms with Crippen LogP contribution in [0.3, 0.4) is 0 Å². The lowest BCUT2D eigenvalue weighted by Gasteiger charge is -2.44. The summed E-state index contributed by atoms with van der Waals surface area (Å²) in [7, 11) is 0. The molecule has 0 radical (unpaired) electrons. The van der Waals surface area contributed by atoms with Gasteiger partial charge in [0.25, 0.3) is 5.91 Å². The number of carbonyl (C=O) groups excluding carboxylic acids is 1. The molecule has 3 aliphatic heterocycles. The molecule has 6 heteroatoms. The third-order valence-corrected chi connectivity index (χ3v) is 4.78. The van der Waals surface area contributed by atoms with Crippen LogP contribution in [0.4, 0.5) is 0 Å². The minimum atomic E-state index is -0.443. The number of primary amides is 1. The lowest BCUT2D eigenvalue weighted by atomic mass is 9.84. The standard InChI is InChI=1S/C15H18N4O.ClH/c16-15(20)14-11-3-1-2-4-12(11)19(17-14)13-9-18-7-5-10(13)6-8-18;/h1-4,10,13H,5-9H2,(H2,16,20);1H/t13-;/m1./s1. The topological polar surface area (TPSA) is 64.2 Å². The minimum Gasteiger partial charge on any atom is -0.364 e. The number of rotatable bonds is 2. The maximum absolute atomic E-state index is 11.6. The molecular formula is C15H19ClN4O. The van der Waals surface area contributed by atoms with E-state index in [1.165, 1.54) is 25.9 Å². The Morgan fingerprint density at radius 2 is 1.95 bits per heavy atom. The fourth-order valence-electron chi connectivity index (χ4n) is 3.73. The molecule has 0 saturated carbocycles. The number of para-hydroxylation sites is 1. The Morgan fingerprint density at radius 3 is 2.57 bits per heavy atom. The number of piperidine rings is 3.